The second-order valence-corrected chi connectivity index (χ2v) is 11.5. The van der Waals surface area contributed by atoms with E-state index in [0.29, 0.717) is 0 Å². The molecule has 0 fully saturated rings. The van der Waals surface area contributed by atoms with Gasteiger partial charge in [0.1, 0.15) is 0 Å². The third-order valence-corrected chi connectivity index (χ3v) is 8.11. The minimum absolute atomic E-state index is 0.848. The zero-order valence-corrected chi connectivity index (χ0v) is 24.8. The third-order valence-electron chi connectivity index (χ3n) is 8.11. The molecule has 0 aliphatic carbocycles. The molecule has 0 atom stereocenters. The van der Waals surface area contributed by atoms with Gasteiger partial charge in [-0.3, -0.25) is 0 Å². The molecular weight excluding hydrogens is 536 g/mol. The number of hydrogen-bond donors (Lipinski definition) is 0. The second kappa shape index (κ2) is 12.8. The highest BCUT2D eigenvalue weighted by atomic mass is 14.9. The molecule has 2 aromatic carbocycles. The molecular formula is C40H36N4+4. The summed E-state index contributed by atoms with van der Waals surface area (Å²) in [7, 11) is 0. The van der Waals surface area contributed by atoms with Crippen molar-refractivity contribution in [1.29, 1.82) is 0 Å². The van der Waals surface area contributed by atoms with Crippen LogP contribution in [-0.4, -0.2) is 0 Å². The Bertz CT molecular complexity index is 1600. The lowest BCUT2D eigenvalue weighted by Crippen LogP contribution is -2.34. The summed E-state index contributed by atoms with van der Waals surface area (Å²) in [5, 5.41) is 0. The number of rotatable bonds is 0. The Balaban J connectivity index is 1.13. The molecule has 0 spiro atoms. The lowest BCUT2D eigenvalue weighted by Gasteiger charge is -2.02. The van der Waals surface area contributed by atoms with Crippen LogP contribution < -0.4 is 18.3 Å². The van der Waals surface area contributed by atoms with Gasteiger partial charge in [0, 0.05) is 70.8 Å². The molecule has 4 heteroatoms. The van der Waals surface area contributed by atoms with Crippen molar-refractivity contribution in [3.8, 4) is 0 Å². The Kier molecular flexibility index (Phi) is 7.96. The van der Waals surface area contributed by atoms with E-state index in [1.165, 1.54) is 44.5 Å². The minimum Gasteiger partial charge on any atom is -0.201 e. The summed E-state index contributed by atoms with van der Waals surface area (Å²) in [6.07, 6.45) is 25.9. The zero-order valence-electron chi connectivity index (χ0n) is 24.8. The van der Waals surface area contributed by atoms with Gasteiger partial charge in [-0.15, -0.1) is 0 Å². The fourth-order valence-corrected chi connectivity index (χ4v) is 5.47. The minimum atomic E-state index is 0.848. The van der Waals surface area contributed by atoms with E-state index in [4.69, 9.17) is 0 Å². The molecule has 4 aromatic heterocycles. The monoisotopic (exact) mass is 572 g/mol. The smallest absolute Gasteiger partial charge is 0.173 e. The molecule has 0 amide bonds. The highest BCUT2D eigenvalue weighted by Gasteiger charge is 2.08. The molecule has 0 saturated carbocycles. The Morgan fingerprint density at radius 3 is 0.614 bits per heavy atom. The highest BCUT2D eigenvalue weighted by molar-refractivity contribution is 5.69. The maximum absolute atomic E-state index is 2.23. The summed E-state index contributed by atoms with van der Waals surface area (Å²) >= 11 is 0. The van der Waals surface area contributed by atoms with Crippen LogP contribution in [0.1, 0.15) is 44.5 Å². The molecule has 10 aliphatic heterocycles. The van der Waals surface area contributed by atoms with Gasteiger partial charge in [0.15, 0.2) is 75.8 Å². The van der Waals surface area contributed by atoms with Crippen LogP contribution in [-0.2, 0) is 26.2 Å². The standard InChI is InChI=1S/C40H36N4/c1-2-34-15-23-42(24-16-34)30-38-9-11-40(12-10-38)32-44-27-19-36(20-28-44)4-3-35-17-25-43(26-18-35)31-39-7-5-37(6-8-39)29-41-21-13-33(1)14-22-41/h1-28H,29-32H2/q+4/b2-1+,4-3+. The van der Waals surface area contributed by atoms with E-state index in [-0.39, 0.29) is 0 Å². The van der Waals surface area contributed by atoms with Gasteiger partial charge in [-0.25, -0.2) is 18.3 Å². The zero-order chi connectivity index (χ0) is 29.6. The molecule has 14 heterocycles. The SMILES string of the molecule is C1=C/c2cc[n+](cc2)Cc2ccc(cc2)C[n+]2ccc(cc2)/C=C/c2cc[n+](cc2)Cc2ccc(cc2)C[n+]2ccc/1cc2. The lowest BCUT2D eigenvalue weighted by atomic mass is 10.1. The van der Waals surface area contributed by atoms with Crippen LogP contribution >= 0.6 is 0 Å². The molecule has 0 unspecified atom stereocenters. The van der Waals surface area contributed by atoms with Crippen molar-refractivity contribution in [3.05, 3.63) is 191 Å². The third kappa shape index (κ3) is 7.11. The summed E-state index contributed by atoms with van der Waals surface area (Å²) in [5.41, 5.74) is 9.91. The maximum atomic E-state index is 2.23. The number of pyridine rings is 4. The summed E-state index contributed by atoms with van der Waals surface area (Å²) < 4.78 is 8.89. The van der Waals surface area contributed by atoms with Crippen LogP contribution in [0.15, 0.2) is 147 Å². The Morgan fingerprint density at radius 2 is 0.432 bits per heavy atom. The van der Waals surface area contributed by atoms with Gasteiger partial charge >= 0.3 is 0 Å². The number of benzene rings is 2. The van der Waals surface area contributed by atoms with Crippen molar-refractivity contribution in [3.63, 3.8) is 0 Å². The molecule has 0 radical (unpaired) electrons. The van der Waals surface area contributed by atoms with Gasteiger partial charge in [-0.05, 0) is 22.3 Å². The van der Waals surface area contributed by atoms with Crippen LogP contribution in [0.5, 0.6) is 0 Å². The molecule has 16 rings (SSSR count). The Morgan fingerprint density at radius 1 is 0.250 bits per heavy atom. The maximum Gasteiger partial charge on any atom is 0.173 e. The molecule has 6 aromatic rings. The predicted molar refractivity (Wildman–Crippen MR) is 174 cm³/mol. The van der Waals surface area contributed by atoms with E-state index in [1.54, 1.807) is 0 Å². The van der Waals surface area contributed by atoms with Crippen LogP contribution in [0.25, 0.3) is 24.3 Å². The average molecular weight is 573 g/mol. The van der Waals surface area contributed by atoms with Crippen molar-refractivity contribution in [2.75, 3.05) is 0 Å². The molecule has 212 valence electrons. The molecule has 44 heavy (non-hydrogen) atoms. The van der Waals surface area contributed by atoms with Crippen LogP contribution in [0.4, 0.5) is 0 Å². The molecule has 4 nitrogen and oxygen atoms in total. The van der Waals surface area contributed by atoms with Gasteiger partial charge < -0.3 is 0 Å². The fraction of sp³-hybridized carbons (Fsp3) is 0.100. The van der Waals surface area contributed by atoms with Gasteiger partial charge in [-0.2, -0.15) is 0 Å². The normalized spacial score (nSPS) is 14.4. The van der Waals surface area contributed by atoms with Crippen LogP contribution in [0.2, 0.25) is 0 Å². The Hall–Kier alpha value is -5.48. The first-order chi connectivity index (χ1) is 21.7. The summed E-state index contributed by atoms with van der Waals surface area (Å²) in [4.78, 5) is 0. The number of aromatic nitrogens is 4. The molecule has 0 saturated heterocycles. The largest absolute Gasteiger partial charge is 0.201 e. The summed E-state index contributed by atoms with van der Waals surface area (Å²) in [6, 6.07) is 35.2. The topological polar surface area (TPSA) is 15.5 Å². The van der Waals surface area contributed by atoms with Gasteiger partial charge in [-0.1, -0.05) is 72.8 Å². The quantitative estimate of drug-likeness (QED) is 0.208. The first-order valence-corrected chi connectivity index (χ1v) is 15.2. The first kappa shape index (κ1) is 27.4. The van der Waals surface area contributed by atoms with Crippen molar-refractivity contribution in [1.82, 2.24) is 0 Å². The van der Waals surface area contributed by atoms with Crippen LogP contribution in [0, 0.1) is 0 Å². The van der Waals surface area contributed by atoms with E-state index in [0.717, 1.165) is 26.2 Å². The van der Waals surface area contributed by atoms with E-state index in [2.05, 4.69) is 189 Å². The second-order valence-electron chi connectivity index (χ2n) is 11.5. The van der Waals surface area contributed by atoms with Gasteiger partial charge in [0.25, 0.3) is 0 Å². The number of nitrogens with zero attached hydrogens (tertiary/aromatic N) is 4. The molecule has 12 bridgehead atoms. The van der Waals surface area contributed by atoms with Gasteiger partial charge in [0.2, 0.25) is 0 Å². The fourth-order valence-electron chi connectivity index (χ4n) is 5.47. The van der Waals surface area contributed by atoms with Crippen molar-refractivity contribution in [2.45, 2.75) is 26.2 Å². The van der Waals surface area contributed by atoms with Crippen molar-refractivity contribution < 1.29 is 18.3 Å². The van der Waals surface area contributed by atoms with E-state index >= 15 is 0 Å². The molecule has 0 N–H and O–H groups in total. The van der Waals surface area contributed by atoms with Crippen LogP contribution in [0.3, 0.4) is 0 Å². The number of hydrogen-bond acceptors (Lipinski definition) is 0. The summed E-state index contributed by atoms with van der Waals surface area (Å²) in [5.74, 6) is 0. The highest BCUT2D eigenvalue weighted by Crippen LogP contribution is 2.10. The predicted octanol–water partition coefficient (Wildman–Crippen LogP) is 5.68. The Labute approximate surface area is 259 Å². The molecule has 10 aliphatic rings. The van der Waals surface area contributed by atoms with Crippen molar-refractivity contribution >= 4 is 24.3 Å². The van der Waals surface area contributed by atoms with E-state index < -0.39 is 0 Å². The van der Waals surface area contributed by atoms with E-state index in [9.17, 15) is 0 Å². The summed E-state index contributed by atoms with van der Waals surface area (Å²) in [6.45, 7) is 3.39. The van der Waals surface area contributed by atoms with Gasteiger partial charge in [0.05, 0.1) is 0 Å². The van der Waals surface area contributed by atoms with E-state index in [1.807, 2.05) is 0 Å². The van der Waals surface area contributed by atoms with Crippen molar-refractivity contribution in [2.24, 2.45) is 0 Å². The first-order valence-electron chi connectivity index (χ1n) is 15.2. The average Bonchev–Trinajstić information content (AvgIpc) is 3.07. The lowest BCUT2D eigenvalue weighted by molar-refractivity contribution is -0.689.